The number of piperidine rings is 1. The van der Waals surface area contributed by atoms with Gasteiger partial charge >= 0.3 is 0 Å². The average Bonchev–Trinajstić information content (AvgIpc) is 3.11. The quantitative estimate of drug-likeness (QED) is 0.670. The highest BCUT2D eigenvalue weighted by molar-refractivity contribution is 5.65. The summed E-state index contributed by atoms with van der Waals surface area (Å²) in [4.78, 5) is 7.06. The maximum atomic E-state index is 13.7. The van der Waals surface area contributed by atoms with E-state index in [0.29, 0.717) is 6.54 Å². The van der Waals surface area contributed by atoms with Crippen LogP contribution in [0, 0.1) is 5.82 Å². The van der Waals surface area contributed by atoms with Gasteiger partial charge in [0, 0.05) is 31.5 Å². The molecule has 4 nitrogen and oxygen atoms in total. The van der Waals surface area contributed by atoms with Crippen LogP contribution in [0.2, 0.25) is 0 Å². The van der Waals surface area contributed by atoms with Crippen LogP contribution in [0.3, 0.4) is 0 Å². The van der Waals surface area contributed by atoms with Crippen LogP contribution in [-0.2, 0) is 13.0 Å². The largest absolute Gasteiger partial charge is 0.380 e. The molecule has 1 aromatic carbocycles. The van der Waals surface area contributed by atoms with Gasteiger partial charge in [0.15, 0.2) is 0 Å². The van der Waals surface area contributed by atoms with Crippen molar-refractivity contribution in [3.63, 3.8) is 0 Å². The topological polar surface area (TPSA) is 32.6 Å². The zero-order chi connectivity index (χ0) is 19.5. The Morgan fingerprint density at radius 1 is 1.11 bits per heavy atom. The number of hydrogen-bond donors (Lipinski definition) is 1. The molecule has 0 spiro atoms. The molecule has 1 fully saturated rings. The van der Waals surface area contributed by atoms with E-state index >= 15 is 0 Å². The molecular weight excluding hydrogens is 351 g/mol. The van der Waals surface area contributed by atoms with Gasteiger partial charge < -0.3 is 10.2 Å². The van der Waals surface area contributed by atoms with Crippen LogP contribution in [0.25, 0.3) is 11.3 Å². The first-order valence-electron chi connectivity index (χ1n) is 10.1. The highest BCUT2D eigenvalue weighted by atomic mass is 19.1. The highest BCUT2D eigenvalue weighted by Crippen LogP contribution is 2.22. The fraction of sp³-hybridized carbons (Fsp3) is 0.348. The summed E-state index contributed by atoms with van der Waals surface area (Å²) in [5, 5.41) is 3.40. The van der Waals surface area contributed by atoms with Gasteiger partial charge in [-0.15, -0.1) is 0 Å². The predicted molar refractivity (Wildman–Crippen MR) is 113 cm³/mol. The van der Waals surface area contributed by atoms with Gasteiger partial charge in [-0.1, -0.05) is 25.6 Å². The van der Waals surface area contributed by atoms with Crippen molar-refractivity contribution in [3.05, 3.63) is 71.9 Å². The minimum atomic E-state index is -0.282. The lowest BCUT2D eigenvalue weighted by atomic mass is 10.1. The van der Waals surface area contributed by atoms with Crippen LogP contribution in [0.1, 0.15) is 43.1 Å². The summed E-state index contributed by atoms with van der Waals surface area (Å²) in [5.74, 6) is -0.282. The van der Waals surface area contributed by atoms with Gasteiger partial charge in [0.05, 0.1) is 17.1 Å². The van der Waals surface area contributed by atoms with Crippen LogP contribution < -0.4 is 10.2 Å². The molecule has 4 rings (SSSR count). The number of fused-ring (bicyclic) bond motifs is 1. The van der Waals surface area contributed by atoms with Crippen molar-refractivity contribution in [2.24, 2.45) is 0 Å². The fourth-order valence-electron chi connectivity index (χ4n) is 3.90. The molecule has 1 N–H and O–H groups in total. The van der Waals surface area contributed by atoms with Gasteiger partial charge in [-0.25, -0.2) is 9.37 Å². The van der Waals surface area contributed by atoms with Crippen molar-refractivity contribution in [2.45, 2.75) is 39.2 Å². The Labute approximate surface area is 165 Å². The monoisotopic (exact) mass is 378 g/mol. The Hall–Kier alpha value is -2.82. The summed E-state index contributed by atoms with van der Waals surface area (Å²) in [5.41, 5.74) is 5.76. The lowest BCUT2D eigenvalue weighted by molar-refractivity contribution is 0.578. The first-order chi connectivity index (χ1) is 13.7. The Morgan fingerprint density at radius 3 is 2.57 bits per heavy atom. The number of nitrogens with zero attached hydrogens (tertiary/aromatic N) is 3. The van der Waals surface area contributed by atoms with Crippen LogP contribution in [0.5, 0.6) is 0 Å². The summed E-state index contributed by atoms with van der Waals surface area (Å²) in [6.07, 6.45) is 6.14. The van der Waals surface area contributed by atoms with Gasteiger partial charge in [0.25, 0.3) is 0 Å². The summed E-state index contributed by atoms with van der Waals surface area (Å²) in [6.45, 7) is 9.21. The van der Waals surface area contributed by atoms with Gasteiger partial charge in [0.1, 0.15) is 11.5 Å². The molecule has 1 saturated heterocycles. The number of anilines is 1. The van der Waals surface area contributed by atoms with E-state index in [2.05, 4.69) is 46.0 Å². The van der Waals surface area contributed by atoms with Crippen molar-refractivity contribution < 1.29 is 4.39 Å². The number of pyridine rings is 1. The summed E-state index contributed by atoms with van der Waals surface area (Å²) in [7, 11) is 0. The van der Waals surface area contributed by atoms with E-state index in [-0.39, 0.29) is 5.82 Å². The molecule has 3 heterocycles. The zero-order valence-electron chi connectivity index (χ0n) is 16.4. The first kappa shape index (κ1) is 18.5. The lowest BCUT2D eigenvalue weighted by Gasteiger charge is -2.28. The molecule has 0 aliphatic carbocycles. The van der Waals surface area contributed by atoms with Gasteiger partial charge in [-0.05, 0) is 55.5 Å². The third-order valence-corrected chi connectivity index (χ3v) is 5.44. The Bertz CT molecular complexity index is 968. The molecule has 0 atom stereocenters. The highest BCUT2D eigenvalue weighted by Gasteiger charge is 2.15. The number of imidazole rings is 1. The van der Waals surface area contributed by atoms with Crippen molar-refractivity contribution in [1.29, 1.82) is 0 Å². The molecule has 5 heteroatoms. The number of benzene rings is 1. The minimum Gasteiger partial charge on any atom is -0.380 e. The lowest BCUT2D eigenvalue weighted by Crippen LogP contribution is -2.29. The number of nitrogens with one attached hydrogen (secondary N) is 1. The maximum absolute atomic E-state index is 13.7. The van der Waals surface area contributed by atoms with E-state index in [9.17, 15) is 4.39 Å². The molecule has 0 saturated carbocycles. The van der Waals surface area contributed by atoms with E-state index in [0.717, 1.165) is 42.2 Å². The Morgan fingerprint density at radius 2 is 1.86 bits per heavy atom. The third-order valence-electron chi connectivity index (χ3n) is 5.44. The standard InChI is InChI=1S/C23H27FN4/c1-3-21-23(28-16-19(24)9-12-22(28)26-21)17(2)25-15-18-7-10-20(11-8-18)27-13-5-4-6-14-27/h7-12,16,25H,2-6,13-15H2,1H3. The van der Waals surface area contributed by atoms with Crippen LogP contribution >= 0.6 is 0 Å². The predicted octanol–water partition coefficient (Wildman–Crippen LogP) is 4.79. The summed E-state index contributed by atoms with van der Waals surface area (Å²) < 4.78 is 15.5. The normalized spacial score (nSPS) is 14.4. The van der Waals surface area contributed by atoms with Crippen molar-refractivity contribution >= 4 is 17.0 Å². The Balaban J connectivity index is 1.47. The number of rotatable bonds is 6. The van der Waals surface area contributed by atoms with Crippen molar-refractivity contribution in [2.75, 3.05) is 18.0 Å². The number of aromatic nitrogens is 2. The molecule has 28 heavy (non-hydrogen) atoms. The summed E-state index contributed by atoms with van der Waals surface area (Å²) in [6, 6.07) is 11.9. The maximum Gasteiger partial charge on any atom is 0.139 e. The Kier molecular flexibility index (Phi) is 5.33. The van der Waals surface area contributed by atoms with Crippen LogP contribution in [0.15, 0.2) is 49.2 Å². The molecule has 1 aliphatic heterocycles. The van der Waals surface area contributed by atoms with Gasteiger partial charge in [-0.3, -0.25) is 4.40 Å². The third kappa shape index (κ3) is 3.75. The SMILES string of the molecule is C=C(NCc1ccc(N2CCCCC2)cc1)c1c(CC)nc2ccc(F)cn12. The van der Waals surface area contributed by atoms with E-state index in [1.807, 2.05) is 6.92 Å². The molecule has 0 amide bonds. The smallest absolute Gasteiger partial charge is 0.139 e. The second kappa shape index (κ2) is 8.05. The molecule has 1 aliphatic rings. The van der Waals surface area contributed by atoms with Crippen LogP contribution in [0.4, 0.5) is 10.1 Å². The molecule has 0 bridgehead atoms. The molecule has 2 aromatic heterocycles. The summed E-state index contributed by atoms with van der Waals surface area (Å²) >= 11 is 0. The number of hydrogen-bond acceptors (Lipinski definition) is 3. The van der Waals surface area contributed by atoms with E-state index in [4.69, 9.17) is 0 Å². The molecule has 3 aromatic rings. The van der Waals surface area contributed by atoms with Gasteiger partial charge in [-0.2, -0.15) is 0 Å². The van der Waals surface area contributed by atoms with Gasteiger partial charge in [0.2, 0.25) is 0 Å². The molecular formula is C23H27FN4. The average molecular weight is 378 g/mol. The van der Waals surface area contributed by atoms with Crippen molar-refractivity contribution in [3.8, 4) is 0 Å². The molecule has 0 radical (unpaired) electrons. The van der Waals surface area contributed by atoms with Crippen molar-refractivity contribution in [1.82, 2.24) is 14.7 Å². The van der Waals surface area contributed by atoms with E-state index in [1.54, 1.807) is 10.5 Å². The zero-order valence-corrected chi connectivity index (χ0v) is 16.4. The fourth-order valence-corrected chi connectivity index (χ4v) is 3.90. The number of halogens is 1. The number of aryl methyl sites for hydroxylation is 1. The second-order valence-corrected chi connectivity index (χ2v) is 7.38. The molecule has 146 valence electrons. The molecule has 0 unspecified atom stereocenters. The first-order valence-corrected chi connectivity index (χ1v) is 10.1. The van der Waals surface area contributed by atoms with E-state index in [1.165, 1.54) is 42.8 Å². The van der Waals surface area contributed by atoms with E-state index < -0.39 is 0 Å². The van der Waals surface area contributed by atoms with Crippen LogP contribution in [-0.4, -0.2) is 22.5 Å². The second-order valence-electron chi connectivity index (χ2n) is 7.38. The minimum absolute atomic E-state index is 0.282.